The van der Waals surface area contributed by atoms with Crippen LogP contribution in [0.25, 0.3) is 82.8 Å². The zero-order valence-electron chi connectivity index (χ0n) is 41.1. The van der Waals surface area contributed by atoms with Gasteiger partial charge in [0, 0.05) is 49.7 Å². The van der Waals surface area contributed by atoms with E-state index in [1.54, 1.807) is 0 Å². The predicted octanol–water partition coefficient (Wildman–Crippen LogP) is 15.8. The summed E-state index contributed by atoms with van der Waals surface area (Å²) >= 11 is 0. The van der Waals surface area contributed by atoms with Gasteiger partial charge in [-0.15, -0.1) is 0 Å². The lowest BCUT2D eigenvalue weighted by Gasteiger charge is -2.42. The highest BCUT2D eigenvalue weighted by Gasteiger charge is 2.43. The molecule has 0 atom stereocenters. The second kappa shape index (κ2) is 14.0. The van der Waals surface area contributed by atoms with E-state index in [2.05, 4.69) is 224 Å². The molecule has 1 N–H and O–H groups in total. The summed E-state index contributed by atoms with van der Waals surface area (Å²) in [6, 6.07) is 58.8. The molecule has 0 bridgehead atoms. The van der Waals surface area contributed by atoms with E-state index in [4.69, 9.17) is 0 Å². The molecule has 0 saturated heterocycles. The normalized spacial score (nSPS) is 16.1. The molecule has 0 spiro atoms. The van der Waals surface area contributed by atoms with Gasteiger partial charge in [0.15, 0.2) is 7.28 Å². The molecule has 1 radical (unpaired) electrons. The van der Waals surface area contributed by atoms with Crippen LogP contribution in [0.2, 0.25) is 0 Å². The van der Waals surface area contributed by atoms with Crippen molar-refractivity contribution in [3.05, 3.63) is 196 Å². The quantitative estimate of drug-likeness (QED) is 0.174. The Labute approximate surface area is 407 Å². The van der Waals surface area contributed by atoms with Gasteiger partial charge in [0.2, 0.25) is 0 Å². The summed E-state index contributed by atoms with van der Waals surface area (Å²) in [6.45, 7) is 19.2. The van der Waals surface area contributed by atoms with Crippen molar-refractivity contribution in [3.8, 4) is 50.2 Å². The van der Waals surface area contributed by atoms with Crippen LogP contribution in [0.15, 0.2) is 152 Å². The topological polar surface area (TPSA) is 17.0 Å². The molecule has 2 heterocycles. The van der Waals surface area contributed by atoms with E-state index in [-0.39, 0.29) is 16.2 Å². The molecule has 9 aromatic carbocycles. The minimum atomic E-state index is -0.193. The van der Waals surface area contributed by atoms with Gasteiger partial charge in [-0.3, -0.25) is 0 Å². The van der Waals surface area contributed by atoms with Gasteiger partial charge >= 0.3 is 0 Å². The molecule has 333 valence electrons. The number of hydrogen-bond donors (Lipinski definition) is 1. The second-order valence-electron chi connectivity index (χ2n) is 22.8. The Hall–Kier alpha value is -7.10. The molecule has 3 aliphatic carbocycles. The number of nitrogens with one attached hydrogen (secondary N) is 1. The first kappa shape index (κ1) is 40.9. The van der Waals surface area contributed by atoms with Gasteiger partial charge in [0.25, 0.3) is 0 Å². The van der Waals surface area contributed by atoms with E-state index in [9.17, 15) is 0 Å². The van der Waals surface area contributed by atoms with E-state index < -0.39 is 0 Å². The van der Waals surface area contributed by atoms with Gasteiger partial charge in [0.1, 0.15) is 0 Å². The van der Waals surface area contributed by atoms with Gasteiger partial charge in [-0.1, -0.05) is 167 Å². The fourth-order valence-electron chi connectivity index (χ4n) is 13.3. The standard InChI is InChI=1S/C66H56BN2/c1-37-17-22-43(23-18-37)68-58-36-54-49(50-34-55-56(35-53(50)66(54,7)8)65(5,6)28-27-64(55,3)4)33-51(58)52-32-48(41-21-24-45-42(31-41)30-40-14-10-11-15-44(40)45)60-47-25-20-39-13-9-12-16-46(39)62(47)69-59-26-19-38(2)29-57(59)67-61(52)63(60)69/h9-26,29,31-36,68H,27-28,30H2,1-8H3. The lowest BCUT2D eigenvalue weighted by Crippen LogP contribution is -2.37. The van der Waals surface area contributed by atoms with Crippen molar-refractivity contribution in [2.75, 3.05) is 5.32 Å². The zero-order chi connectivity index (χ0) is 46.9. The van der Waals surface area contributed by atoms with Gasteiger partial charge in [-0.05, 0) is 170 Å². The van der Waals surface area contributed by atoms with Crippen LogP contribution in [-0.4, -0.2) is 11.8 Å². The maximum absolute atomic E-state index is 4.07. The minimum absolute atomic E-state index is 0.0992. The van der Waals surface area contributed by atoms with Crippen molar-refractivity contribution in [3.63, 3.8) is 0 Å². The Kier molecular flexibility index (Phi) is 8.31. The molecule has 3 heteroatoms. The molecular formula is C66H56BN2. The Balaban J connectivity index is 1.12. The second-order valence-corrected chi connectivity index (χ2v) is 22.8. The summed E-state index contributed by atoms with van der Waals surface area (Å²) in [7, 11) is 2.51. The van der Waals surface area contributed by atoms with Crippen LogP contribution in [0.4, 0.5) is 11.4 Å². The molecule has 0 amide bonds. The van der Waals surface area contributed by atoms with Gasteiger partial charge in [-0.2, -0.15) is 0 Å². The number of anilines is 2. The van der Waals surface area contributed by atoms with Crippen molar-refractivity contribution in [2.45, 2.75) is 90.9 Å². The Morgan fingerprint density at radius 2 is 1.19 bits per heavy atom. The van der Waals surface area contributed by atoms with Crippen molar-refractivity contribution in [1.29, 1.82) is 0 Å². The first-order valence-electron chi connectivity index (χ1n) is 25.2. The average Bonchev–Trinajstić information content (AvgIpc) is 3.96. The number of benzene rings is 9. The van der Waals surface area contributed by atoms with Crippen molar-refractivity contribution in [1.82, 2.24) is 4.57 Å². The van der Waals surface area contributed by atoms with Gasteiger partial charge < -0.3 is 9.88 Å². The van der Waals surface area contributed by atoms with Crippen LogP contribution in [0.5, 0.6) is 0 Å². The maximum atomic E-state index is 4.07. The number of fused-ring (bicyclic) bond motifs is 14. The van der Waals surface area contributed by atoms with Gasteiger partial charge in [0.05, 0.1) is 5.52 Å². The van der Waals surface area contributed by atoms with Crippen LogP contribution in [0.3, 0.4) is 0 Å². The molecule has 69 heavy (non-hydrogen) atoms. The van der Waals surface area contributed by atoms with E-state index in [1.165, 1.54) is 151 Å². The molecule has 0 unspecified atom stereocenters. The largest absolute Gasteiger partial charge is 0.355 e. The van der Waals surface area contributed by atoms with Crippen LogP contribution >= 0.6 is 0 Å². The van der Waals surface area contributed by atoms with Crippen molar-refractivity contribution >= 4 is 62.2 Å². The minimum Gasteiger partial charge on any atom is -0.355 e. The smallest absolute Gasteiger partial charge is 0.197 e. The predicted molar refractivity (Wildman–Crippen MR) is 294 cm³/mol. The monoisotopic (exact) mass is 887 g/mol. The third-order valence-electron chi connectivity index (χ3n) is 17.2. The molecule has 1 aliphatic heterocycles. The Morgan fingerprint density at radius 1 is 0.493 bits per heavy atom. The Morgan fingerprint density at radius 3 is 2.01 bits per heavy atom. The lowest BCUT2D eigenvalue weighted by molar-refractivity contribution is 0.331. The molecule has 10 aromatic rings. The molecule has 14 rings (SSSR count). The third-order valence-corrected chi connectivity index (χ3v) is 17.2. The highest BCUT2D eigenvalue weighted by molar-refractivity contribution is 6.73. The fourth-order valence-corrected chi connectivity index (χ4v) is 13.3. The lowest BCUT2D eigenvalue weighted by atomic mass is 9.58. The van der Waals surface area contributed by atoms with Crippen LogP contribution in [-0.2, 0) is 22.7 Å². The molecule has 0 saturated carbocycles. The molecule has 0 fully saturated rings. The zero-order valence-corrected chi connectivity index (χ0v) is 41.1. The van der Waals surface area contributed by atoms with Crippen LogP contribution in [0.1, 0.15) is 98.9 Å². The highest BCUT2D eigenvalue weighted by atomic mass is 15.0. The SMILES string of the molecule is Cc1ccc(Nc2cc3c(cc2-c2cc(-c4ccc5c(c4)Cc4ccccc4-5)c4c5ccc6ccccc6c5n5c4c2[B]c2cc(C)ccc2-5)-c2cc4c(cc2C3(C)C)C(C)(C)CCC4(C)C)cc1. The summed E-state index contributed by atoms with van der Waals surface area (Å²) in [6.07, 6.45) is 3.33. The maximum Gasteiger partial charge on any atom is 0.197 e. The number of rotatable bonds is 4. The van der Waals surface area contributed by atoms with Crippen LogP contribution in [0, 0.1) is 13.8 Å². The Bertz CT molecular complexity index is 3910. The summed E-state index contributed by atoms with van der Waals surface area (Å²) in [5.41, 5.74) is 30.2. The molecule has 2 nitrogen and oxygen atoms in total. The summed E-state index contributed by atoms with van der Waals surface area (Å²) in [5.74, 6) is 0. The summed E-state index contributed by atoms with van der Waals surface area (Å²) in [5, 5.41) is 9.19. The van der Waals surface area contributed by atoms with E-state index in [0.29, 0.717) is 0 Å². The molecule has 4 aliphatic rings. The first-order valence-corrected chi connectivity index (χ1v) is 25.2. The van der Waals surface area contributed by atoms with E-state index >= 15 is 0 Å². The van der Waals surface area contributed by atoms with Gasteiger partial charge in [-0.25, -0.2) is 0 Å². The number of aryl methyl sites for hydroxylation is 2. The average molecular weight is 888 g/mol. The van der Waals surface area contributed by atoms with Crippen molar-refractivity contribution < 1.29 is 0 Å². The van der Waals surface area contributed by atoms with Crippen LogP contribution < -0.4 is 16.2 Å². The third kappa shape index (κ3) is 5.80. The number of aromatic nitrogens is 1. The van der Waals surface area contributed by atoms with E-state index in [1.807, 2.05) is 0 Å². The number of hydrogen-bond acceptors (Lipinski definition) is 1. The molecule has 1 aromatic heterocycles. The summed E-state index contributed by atoms with van der Waals surface area (Å²) in [4.78, 5) is 0. The van der Waals surface area contributed by atoms with E-state index in [0.717, 1.165) is 17.8 Å². The molecular weight excluding hydrogens is 832 g/mol. The highest BCUT2D eigenvalue weighted by Crippen LogP contribution is 2.57. The number of nitrogens with zero attached hydrogens (tertiary/aromatic N) is 1. The first-order chi connectivity index (χ1) is 33.2. The van der Waals surface area contributed by atoms with Crippen molar-refractivity contribution in [2.24, 2.45) is 0 Å². The fraction of sp³-hybridized carbons (Fsp3) is 0.212. The summed E-state index contributed by atoms with van der Waals surface area (Å²) < 4.78 is 2.63.